The number of benzene rings is 1. The number of hydrogen-bond donors (Lipinski definition) is 1. The Morgan fingerprint density at radius 3 is 2.60 bits per heavy atom. The highest BCUT2D eigenvalue weighted by Gasteiger charge is 2.23. The van der Waals surface area contributed by atoms with Crippen molar-refractivity contribution in [2.75, 3.05) is 25.3 Å². The Hall–Kier alpha value is -1.84. The van der Waals surface area contributed by atoms with E-state index >= 15 is 0 Å². The quantitative estimate of drug-likeness (QED) is 0.708. The minimum Gasteiger partial charge on any atom is -0.496 e. The molecule has 0 atom stereocenters. The summed E-state index contributed by atoms with van der Waals surface area (Å²) < 4.78 is 35.2. The largest absolute Gasteiger partial charge is 0.496 e. The van der Waals surface area contributed by atoms with Gasteiger partial charge in [0.15, 0.2) is 14.3 Å². The first kappa shape index (κ1) is 19.5. The monoisotopic (exact) mass is 404 g/mol. The lowest BCUT2D eigenvalue weighted by Gasteiger charge is -2.15. The smallest absolute Gasteiger partial charge is 0.341 e. The summed E-state index contributed by atoms with van der Waals surface area (Å²) in [6.07, 6.45) is 1.61. The summed E-state index contributed by atoms with van der Waals surface area (Å²) in [5.74, 6) is -0.571. The van der Waals surface area contributed by atoms with Gasteiger partial charge < -0.3 is 14.8 Å². The van der Waals surface area contributed by atoms with Crippen molar-refractivity contribution in [3.05, 3.63) is 33.2 Å². The number of carbonyl (C=O) groups is 1. The third-order valence-corrected chi connectivity index (χ3v) is 6.28. The lowest BCUT2D eigenvalue weighted by Crippen LogP contribution is -2.12. The van der Waals surface area contributed by atoms with Gasteiger partial charge in [-0.25, -0.2) is 18.2 Å². The lowest BCUT2D eigenvalue weighted by molar-refractivity contribution is 0.0597. The average Bonchev–Trinajstić information content (AvgIpc) is 3.03. The number of aromatic nitrogens is 1. The molecule has 136 valence electrons. The Labute approximate surface area is 154 Å². The van der Waals surface area contributed by atoms with Crippen LogP contribution >= 0.6 is 22.9 Å². The molecule has 0 saturated heterocycles. The second kappa shape index (κ2) is 8.03. The van der Waals surface area contributed by atoms with Gasteiger partial charge in [0, 0.05) is 17.1 Å². The van der Waals surface area contributed by atoms with Gasteiger partial charge in [-0.3, -0.25) is 0 Å². The molecule has 0 unspecified atom stereocenters. The van der Waals surface area contributed by atoms with Gasteiger partial charge in [0.25, 0.3) is 0 Å². The molecule has 1 N–H and O–H groups in total. The Morgan fingerprint density at radius 2 is 2.08 bits per heavy atom. The fourth-order valence-electron chi connectivity index (χ4n) is 2.10. The minimum absolute atomic E-state index is 0.00631. The molecule has 0 radical (unpaired) electrons. The molecule has 0 spiro atoms. The van der Waals surface area contributed by atoms with Crippen LogP contribution in [0.2, 0.25) is 4.47 Å². The van der Waals surface area contributed by atoms with Crippen molar-refractivity contribution < 1.29 is 22.7 Å². The topological polar surface area (TPSA) is 94.6 Å². The van der Waals surface area contributed by atoms with Crippen LogP contribution in [0.4, 0.5) is 5.69 Å². The van der Waals surface area contributed by atoms with Crippen LogP contribution in [0.15, 0.2) is 23.2 Å². The normalized spacial score (nSPS) is 11.2. The van der Waals surface area contributed by atoms with E-state index < -0.39 is 15.8 Å². The molecule has 10 heteroatoms. The Morgan fingerprint density at radius 1 is 1.36 bits per heavy atom. The maximum atomic E-state index is 12.4. The molecule has 0 aliphatic heterocycles. The van der Waals surface area contributed by atoms with Crippen molar-refractivity contribution in [1.82, 2.24) is 4.98 Å². The van der Waals surface area contributed by atoms with E-state index in [1.807, 2.05) is 0 Å². The van der Waals surface area contributed by atoms with E-state index in [1.165, 1.54) is 44.6 Å². The first-order valence-corrected chi connectivity index (χ1v) is 10.0. The summed E-state index contributed by atoms with van der Waals surface area (Å²) in [4.78, 5) is 16.7. The van der Waals surface area contributed by atoms with Gasteiger partial charge in [0.1, 0.15) is 11.3 Å². The summed E-state index contributed by atoms with van der Waals surface area (Å²) in [6.45, 7) is 1.86. The zero-order valence-corrected chi connectivity index (χ0v) is 16.2. The number of methoxy groups -OCH3 is 2. The molecule has 25 heavy (non-hydrogen) atoms. The fourth-order valence-corrected chi connectivity index (χ4v) is 4.09. The molecular formula is C15H17ClN2O5S2. The molecular weight excluding hydrogens is 388 g/mol. The summed E-state index contributed by atoms with van der Waals surface area (Å²) in [6, 6.07) is 2.74. The second-order valence-corrected chi connectivity index (χ2v) is 8.82. The number of hydrogen-bond acceptors (Lipinski definition) is 8. The second-order valence-electron chi connectivity index (χ2n) is 4.88. The van der Waals surface area contributed by atoms with Crippen LogP contribution < -0.4 is 10.1 Å². The molecule has 0 bridgehead atoms. The van der Waals surface area contributed by atoms with Crippen molar-refractivity contribution in [3.8, 4) is 5.75 Å². The average molecular weight is 405 g/mol. The van der Waals surface area contributed by atoms with E-state index in [0.29, 0.717) is 16.7 Å². The van der Waals surface area contributed by atoms with Gasteiger partial charge >= 0.3 is 5.97 Å². The number of ether oxygens (including phenoxy) is 2. The number of nitrogens with one attached hydrogen (secondary N) is 1. The molecule has 0 fully saturated rings. The Kier molecular flexibility index (Phi) is 6.26. The van der Waals surface area contributed by atoms with Gasteiger partial charge in [-0.05, 0) is 6.07 Å². The van der Waals surface area contributed by atoms with Crippen LogP contribution in [0, 0.1) is 0 Å². The third kappa shape index (κ3) is 4.42. The predicted molar refractivity (Wildman–Crippen MR) is 96.5 cm³/mol. The highest BCUT2D eigenvalue weighted by molar-refractivity contribution is 7.91. The molecule has 1 aromatic carbocycles. The summed E-state index contributed by atoms with van der Waals surface area (Å²) in [5.41, 5.74) is 0.374. The number of sulfone groups is 1. The molecule has 0 amide bonds. The molecule has 0 aliphatic carbocycles. The maximum absolute atomic E-state index is 12.4. The zero-order valence-electron chi connectivity index (χ0n) is 13.8. The summed E-state index contributed by atoms with van der Waals surface area (Å²) in [7, 11) is -0.972. The van der Waals surface area contributed by atoms with E-state index in [2.05, 4.69) is 10.3 Å². The number of rotatable bonds is 7. The van der Waals surface area contributed by atoms with Gasteiger partial charge in [0.05, 0.1) is 37.1 Å². The van der Waals surface area contributed by atoms with Crippen LogP contribution in [0.3, 0.4) is 0 Å². The van der Waals surface area contributed by atoms with E-state index in [9.17, 15) is 13.2 Å². The predicted octanol–water partition coefficient (Wildman–Crippen LogP) is 3.00. The zero-order chi connectivity index (χ0) is 18.6. The standard InChI is InChI=1S/C15H17ClN2O5S2/c1-4-25(20,21)13-5-10(14(19)23-3)12(22-2)6-11(13)17-7-9-8-18-15(16)24-9/h5-6,8,17H,4,7H2,1-3H3. The van der Waals surface area contributed by atoms with Gasteiger partial charge in [-0.15, -0.1) is 11.3 Å². The Bertz CT molecular complexity index is 880. The Balaban J connectivity index is 2.50. The van der Waals surface area contributed by atoms with E-state index in [4.69, 9.17) is 21.1 Å². The number of anilines is 1. The lowest BCUT2D eigenvalue weighted by atomic mass is 10.1. The van der Waals surface area contributed by atoms with Gasteiger partial charge in [-0.1, -0.05) is 18.5 Å². The fraction of sp³-hybridized carbons (Fsp3) is 0.333. The minimum atomic E-state index is -3.58. The number of carbonyl (C=O) groups excluding carboxylic acids is 1. The molecule has 2 rings (SSSR count). The first-order chi connectivity index (χ1) is 11.8. The number of thiazole rings is 1. The number of nitrogens with zero attached hydrogens (tertiary/aromatic N) is 1. The SMILES string of the molecule is CCS(=O)(=O)c1cc(C(=O)OC)c(OC)cc1NCc1cnc(Cl)s1. The summed E-state index contributed by atoms with van der Waals surface area (Å²) >= 11 is 7.08. The molecule has 2 aromatic rings. The number of esters is 1. The van der Waals surface area contributed by atoms with Gasteiger partial charge in [-0.2, -0.15) is 0 Å². The molecule has 0 aliphatic rings. The van der Waals surface area contributed by atoms with Crippen LogP contribution in [-0.4, -0.2) is 39.3 Å². The van der Waals surface area contributed by atoms with E-state index in [0.717, 1.165) is 4.88 Å². The molecule has 0 saturated carbocycles. The van der Waals surface area contributed by atoms with Crippen molar-refractivity contribution >= 4 is 44.4 Å². The van der Waals surface area contributed by atoms with E-state index in [1.54, 1.807) is 6.20 Å². The van der Waals surface area contributed by atoms with Crippen molar-refractivity contribution in [2.45, 2.75) is 18.4 Å². The van der Waals surface area contributed by atoms with Crippen LogP contribution in [0.1, 0.15) is 22.2 Å². The van der Waals surface area contributed by atoms with Crippen molar-refractivity contribution in [1.29, 1.82) is 0 Å². The molecule has 1 aromatic heterocycles. The van der Waals surface area contributed by atoms with Crippen LogP contribution in [0.25, 0.3) is 0 Å². The van der Waals surface area contributed by atoms with Crippen molar-refractivity contribution in [2.24, 2.45) is 0 Å². The van der Waals surface area contributed by atoms with Crippen LogP contribution in [0.5, 0.6) is 5.75 Å². The van der Waals surface area contributed by atoms with Crippen molar-refractivity contribution in [3.63, 3.8) is 0 Å². The maximum Gasteiger partial charge on any atom is 0.341 e. The summed E-state index contributed by atoms with van der Waals surface area (Å²) in [5, 5.41) is 3.04. The molecule has 1 heterocycles. The van der Waals surface area contributed by atoms with Crippen LogP contribution in [-0.2, 0) is 21.1 Å². The number of halogens is 1. The first-order valence-electron chi connectivity index (χ1n) is 7.19. The molecule has 7 nitrogen and oxygen atoms in total. The van der Waals surface area contributed by atoms with E-state index in [-0.39, 0.29) is 22.0 Å². The highest BCUT2D eigenvalue weighted by Crippen LogP contribution is 2.32. The third-order valence-electron chi connectivity index (χ3n) is 3.40. The van der Waals surface area contributed by atoms with Gasteiger partial charge in [0.2, 0.25) is 0 Å². The highest BCUT2D eigenvalue weighted by atomic mass is 35.5.